The molecule has 3 aromatic carbocycles. The molecule has 0 saturated carbocycles. The molecule has 0 amide bonds. The van der Waals surface area contributed by atoms with Crippen molar-refractivity contribution >= 4 is 23.0 Å². The van der Waals surface area contributed by atoms with Crippen molar-refractivity contribution in [1.82, 2.24) is 0 Å². The van der Waals surface area contributed by atoms with Gasteiger partial charge in [-0.05, 0) is 30.7 Å². The van der Waals surface area contributed by atoms with E-state index in [9.17, 15) is 55.9 Å². The molecule has 18 nitrogen and oxygen atoms in total. The van der Waals surface area contributed by atoms with Gasteiger partial charge in [0.25, 0.3) is 0 Å². The summed E-state index contributed by atoms with van der Waals surface area (Å²) in [6.07, 6.45) is -13.6. The molecule has 0 unspecified atom stereocenters. The summed E-state index contributed by atoms with van der Waals surface area (Å²) in [4.78, 5) is 12.5. The fourth-order valence-electron chi connectivity index (χ4n) is 6.05. The number of ether oxygens (including phenoxy) is 6. The van der Waals surface area contributed by atoms with Gasteiger partial charge in [0.2, 0.25) is 17.8 Å². The lowest BCUT2D eigenvalue weighted by molar-refractivity contribution is -0.319. The van der Waals surface area contributed by atoms with Crippen LogP contribution >= 0.6 is 0 Å². The molecule has 0 bridgehead atoms. The third-order valence-electron chi connectivity index (χ3n) is 9.02. The maximum absolute atomic E-state index is 12.5. The van der Waals surface area contributed by atoms with Crippen molar-refractivity contribution in [1.29, 1.82) is 0 Å². The summed E-state index contributed by atoms with van der Waals surface area (Å²) >= 11 is 0. The molecule has 1 aromatic heterocycles. The minimum atomic E-state index is -1.90. The van der Waals surface area contributed by atoms with Gasteiger partial charge in [-0.2, -0.15) is 0 Å². The zero-order valence-electron chi connectivity index (χ0n) is 29.1. The Morgan fingerprint density at radius 1 is 0.782 bits per heavy atom. The van der Waals surface area contributed by atoms with Gasteiger partial charge >= 0.3 is 17.3 Å². The first-order chi connectivity index (χ1) is 26.1. The van der Waals surface area contributed by atoms with E-state index in [4.69, 9.17) is 32.8 Å². The second-order valence-electron chi connectivity index (χ2n) is 12.8. The van der Waals surface area contributed by atoms with E-state index < -0.39 is 91.2 Å². The zero-order valence-corrected chi connectivity index (χ0v) is 29.1. The first-order valence-corrected chi connectivity index (χ1v) is 16.8. The van der Waals surface area contributed by atoms with Gasteiger partial charge in [-0.3, -0.25) is 0 Å². The Morgan fingerprint density at radius 2 is 1.49 bits per heavy atom. The van der Waals surface area contributed by atoms with Crippen LogP contribution in [0.4, 0.5) is 0 Å². The van der Waals surface area contributed by atoms with Gasteiger partial charge in [0, 0.05) is 30.3 Å². The predicted octanol–water partition coefficient (Wildman–Crippen LogP) is 1.21. The van der Waals surface area contributed by atoms with Crippen molar-refractivity contribution in [3.63, 3.8) is 0 Å². The number of phenols is 5. The summed E-state index contributed by atoms with van der Waals surface area (Å²) in [6.45, 7) is 0.849. The molecule has 0 spiro atoms. The minimum absolute atomic E-state index is 0.0192. The number of methoxy groups -OCH3 is 1. The van der Waals surface area contributed by atoms with Gasteiger partial charge in [0.1, 0.15) is 59.3 Å². The Labute approximate surface area is 311 Å². The number of aromatic hydroxyl groups is 5. The largest absolute Gasteiger partial charge is 0.508 e. The van der Waals surface area contributed by atoms with Gasteiger partial charge in [0.05, 0.1) is 31.5 Å². The maximum Gasteiger partial charge on any atom is 0.402 e. The SMILES string of the molecule is COc1cc(-c2[o+]c3cc(O)cc(O)c3cc2O[C@@H]2O[C@H](CO[C@@H]3O[C@@H](C)[C@H](OC(=O)/C=C/c4ccc(O)cc4)[C@@H](O)[C@H]3O)[C@@H](O)[C@H](O)[C@H]2O)cc(O)c1O. The highest BCUT2D eigenvalue weighted by Gasteiger charge is 2.49. The molecular weight excluding hydrogens is 732 g/mol. The molecular formula is C37H39O18+. The summed E-state index contributed by atoms with van der Waals surface area (Å²) in [5.41, 5.74) is 0.579. The fourth-order valence-corrected chi connectivity index (χ4v) is 6.05. The van der Waals surface area contributed by atoms with Gasteiger partial charge in [-0.1, -0.05) is 12.1 Å². The normalized spacial score (nSPS) is 28.3. The Balaban J connectivity index is 1.17. The summed E-state index contributed by atoms with van der Waals surface area (Å²) in [6, 6.07) is 11.8. The lowest BCUT2D eigenvalue weighted by atomic mass is 9.98. The summed E-state index contributed by atoms with van der Waals surface area (Å²) in [7, 11) is 1.23. The topological polar surface area (TPSA) is 286 Å². The molecule has 0 aliphatic carbocycles. The van der Waals surface area contributed by atoms with Crippen molar-refractivity contribution in [3.8, 4) is 51.6 Å². The standard InChI is InChI=1S/C37H38O18/c1-15-34(55-27(42)8-5-16-3-6-18(38)7-4-16)31(46)33(48)36(51-15)50-14-26-29(44)30(45)32(47)37(54-26)53-25-13-20-21(40)11-19(39)12-23(20)52-35(25)17-9-22(41)28(43)24(10-17)49-2/h3-13,15,26,29-34,36-37,44-48H,14H2,1-2H3,(H4-,38,39,40,41,42,43)/p+1/t15-,26+,29+,30-,31-,32+,33+,34-,36+,37+/m0/s1. The number of carbonyl (C=O) groups is 1. The number of benzene rings is 3. The third kappa shape index (κ3) is 8.31. The second-order valence-corrected chi connectivity index (χ2v) is 12.8. The molecule has 2 saturated heterocycles. The highest BCUT2D eigenvalue weighted by Crippen LogP contribution is 2.45. The predicted molar refractivity (Wildman–Crippen MR) is 186 cm³/mol. The number of rotatable bonds is 10. The number of carbonyl (C=O) groups excluding carboxylic acids is 1. The van der Waals surface area contributed by atoms with E-state index >= 15 is 0 Å². The van der Waals surface area contributed by atoms with Gasteiger partial charge in [-0.15, -0.1) is 0 Å². The van der Waals surface area contributed by atoms with Gasteiger partial charge < -0.3 is 79.5 Å². The monoisotopic (exact) mass is 771 g/mol. The van der Waals surface area contributed by atoms with Crippen molar-refractivity contribution in [3.05, 3.63) is 66.2 Å². The van der Waals surface area contributed by atoms with E-state index in [0.717, 1.165) is 18.2 Å². The fraction of sp³-hybridized carbons (Fsp3) is 0.351. The molecule has 294 valence electrons. The molecule has 55 heavy (non-hydrogen) atoms. The van der Waals surface area contributed by atoms with Crippen LogP contribution in [0.3, 0.4) is 0 Å². The molecule has 6 rings (SSSR count). The smallest absolute Gasteiger partial charge is 0.402 e. The van der Waals surface area contributed by atoms with Crippen LogP contribution in [0.25, 0.3) is 28.4 Å². The highest BCUT2D eigenvalue weighted by atomic mass is 16.7. The van der Waals surface area contributed by atoms with Crippen LogP contribution in [-0.4, -0.2) is 132 Å². The highest BCUT2D eigenvalue weighted by molar-refractivity contribution is 5.89. The first kappa shape index (κ1) is 39.3. The van der Waals surface area contributed by atoms with Crippen molar-refractivity contribution < 1.29 is 88.7 Å². The number of hydrogen-bond donors (Lipinski definition) is 10. The van der Waals surface area contributed by atoms with E-state index in [0.29, 0.717) is 5.56 Å². The molecule has 10 N–H and O–H groups in total. The van der Waals surface area contributed by atoms with E-state index in [-0.39, 0.29) is 45.3 Å². The maximum atomic E-state index is 12.5. The van der Waals surface area contributed by atoms with Crippen molar-refractivity contribution in [2.24, 2.45) is 0 Å². The summed E-state index contributed by atoms with van der Waals surface area (Å²) in [5, 5.41) is 105. The lowest BCUT2D eigenvalue weighted by Gasteiger charge is -2.42. The van der Waals surface area contributed by atoms with Crippen molar-refractivity contribution in [2.75, 3.05) is 13.7 Å². The molecule has 2 aliphatic rings. The Bertz CT molecular complexity index is 2040. The third-order valence-corrected chi connectivity index (χ3v) is 9.02. The Hall–Kier alpha value is -5.44. The minimum Gasteiger partial charge on any atom is -0.508 e. The summed E-state index contributed by atoms with van der Waals surface area (Å²) in [5.74, 6) is -3.41. The van der Waals surface area contributed by atoms with Gasteiger partial charge in [0.15, 0.2) is 23.9 Å². The molecule has 3 heterocycles. The first-order valence-electron chi connectivity index (χ1n) is 16.8. The molecule has 2 fully saturated rings. The van der Waals surface area contributed by atoms with Gasteiger partial charge in [-0.25, -0.2) is 9.21 Å². The molecule has 10 atom stereocenters. The summed E-state index contributed by atoms with van der Waals surface area (Å²) < 4.78 is 39.4. The number of aliphatic hydroxyl groups excluding tert-OH is 5. The van der Waals surface area contributed by atoms with Crippen LogP contribution in [0.1, 0.15) is 12.5 Å². The van der Waals surface area contributed by atoms with Crippen LogP contribution in [0.2, 0.25) is 0 Å². The van der Waals surface area contributed by atoms with Crippen molar-refractivity contribution in [2.45, 2.75) is 68.3 Å². The van der Waals surface area contributed by atoms with Crippen LogP contribution in [0.5, 0.6) is 40.2 Å². The number of aliphatic hydroxyl groups is 5. The average molecular weight is 772 g/mol. The number of hydrogen-bond acceptors (Lipinski definition) is 17. The number of fused-ring (bicyclic) bond motifs is 1. The second kappa shape index (κ2) is 16.1. The van der Waals surface area contributed by atoms with Crippen LogP contribution in [-0.2, 0) is 23.7 Å². The Kier molecular flexibility index (Phi) is 11.5. The molecule has 18 heteroatoms. The zero-order chi connectivity index (χ0) is 39.7. The van der Waals surface area contributed by atoms with E-state index in [1.165, 1.54) is 50.4 Å². The quantitative estimate of drug-likeness (QED) is 0.0469. The molecule has 4 aromatic rings. The number of esters is 1. The van der Waals surface area contributed by atoms with Crippen LogP contribution in [0.15, 0.2) is 65.1 Å². The van der Waals surface area contributed by atoms with E-state index in [2.05, 4.69) is 0 Å². The lowest BCUT2D eigenvalue weighted by Crippen LogP contribution is -2.62. The average Bonchev–Trinajstić information content (AvgIpc) is 3.15. The van der Waals surface area contributed by atoms with Crippen LogP contribution in [0, 0.1) is 0 Å². The van der Waals surface area contributed by atoms with E-state index in [1.807, 2.05) is 0 Å². The number of phenolic OH excluding ortho intramolecular Hbond substituents is 5. The van der Waals surface area contributed by atoms with Crippen LogP contribution < -0.4 is 9.47 Å². The molecule has 2 aliphatic heterocycles. The molecule has 0 radical (unpaired) electrons. The van der Waals surface area contributed by atoms with E-state index in [1.54, 1.807) is 12.1 Å². The Morgan fingerprint density at radius 3 is 2.20 bits per heavy atom.